The summed E-state index contributed by atoms with van der Waals surface area (Å²) in [4.78, 5) is 40.5. The van der Waals surface area contributed by atoms with E-state index >= 15 is 0 Å². The zero-order chi connectivity index (χ0) is 22.6. The predicted molar refractivity (Wildman–Crippen MR) is 104 cm³/mol. The van der Waals surface area contributed by atoms with Crippen molar-refractivity contribution in [3.63, 3.8) is 0 Å². The van der Waals surface area contributed by atoms with Crippen molar-refractivity contribution < 1.29 is 32.7 Å². The van der Waals surface area contributed by atoms with E-state index in [9.17, 15) is 32.7 Å². The molecule has 0 bridgehead atoms. The van der Waals surface area contributed by atoms with Crippen LogP contribution in [0.2, 0.25) is 5.02 Å². The number of carbonyl (C=O) groups is 3. The fourth-order valence-electron chi connectivity index (χ4n) is 4.36. The fraction of sp³-hybridized carbons (Fsp3) is 0.474. The van der Waals surface area contributed by atoms with Crippen molar-refractivity contribution in [2.24, 2.45) is 5.92 Å². The molecule has 0 spiro atoms. The normalized spacial score (nSPS) is 21.4. The molecular formula is C19H18ClF3N4O4. The molecule has 1 atom stereocenters. The van der Waals surface area contributed by atoms with Crippen LogP contribution in [0.15, 0.2) is 12.1 Å². The molecule has 1 saturated carbocycles. The second-order valence-electron chi connectivity index (χ2n) is 7.80. The van der Waals surface area contributed by atoms with Crippen molar-refractivity contribution in [1.29, 1.82) is 0 Å². The van der Waals surface area contributed by atoms with Gasteiger partial charge in [0.05, 0.1) is 11.1 Å². The van der Waals surface area contributed by atoms with Crippen molar-refractivity contribution >= 4 is 46.4 Å². The topological polar surface area (TPSA) is 113 Å². The van der Waals surface area contributed by atoms with E-state index in [1.54, 1.807) is 0 Å². The zero-order valence-electron chi connectivity index (χ0n) is 16.1. The maximum absolute atomic E-state index is 14.3. The predicted octanol–water partition coefficient (Wildman–Crippen LogP) is 3.64. The lowest BCUT2D eigenvalue weighted by molar-refractivity contribution is -0.217. The maximum Gasteiger partial charge on any atom is 0.440 e. The molecular weight excluding hydrogens is 441 g/mol. The Morgan fingerprint density at radius 1 is 1.32 bits per heavy atom. The summed E-state index contributed by atoms with van der Waals surface area (Å²) in [6, 6.07) is 2.12. The third-order valence-electron chi connectivity index (χ3n) is 5.83. The van der Waals surface area contributed by atoms with E-state index in [-0.39, 0.29) is 28.4 Å². The molecule has 2 heterocycles. The van der Waals surface area contributed by atoms with Crippen LogP contribution in [0.25, 0.3) is 11.0 Å². The first-order valence-electron chi connectivity index (χ1n) is 9.69. The first-order chi connectivity index (χ1) is 14.5. The van der Waals surface area contributed by atoms with Gasteiger partial charge in [-0.2, -0.15) is 13.2 Å². The summed E-state index contributed by atoms with van der Waals surface area (Å²) in [5.41, 5.74) is -4.53. The number of alkyl halides is 3. The summed E-state index contributed by atoms with van der Waals surface area (Å²) in [5.74, 6) is -4.18. The number of hydrogen-bond acceptors (Lipinski definition) is 4. The molecule has 2 aliphatic rings. The minimum atomic E-state index is -5.25. The Labute approximate surface area is 178 Å². The Morgan fingerprint density at radius 3 is 2.61 bits per heavy atom. The average molecular weight is 459 g/mol. The number of carboxylic acid groups (broad SMARTS) is 1. The second kappa shape index (κ2) is 7.40. The summed E-state index contributed by atoms with van der Waals surface area (Å²) in [6.07, 6.45) is -1.09. The van der Waals surface area contributed by atoms with E-state index < -0.39 is 41.1 Å². The van der Waals surface area contributed by atoms with Gasteiger partial charge in [-0.1, -0.05) is 37.3 Å². The number of imidazole rings is 1. The minimum absolute atomic E-state index is 0.157. The summed E-state index contributed by atoms with van der Waals surface area (Å²) < 4.78 is 43.5. The third-order valence-corrected chi connectivity index (χ3v) is 6.05. The molecule has 1 aromatic carbocycles. The molecule has 166 valence electrons. The van der Waals surface area contributed by atoms with Crippen molar-refractivity contribution in [1.82, 2.24) is 14.9 Å². The third kappa shape index (κ3) is 3.40. The number of anilines is 1. The fourth-order valence-corrected chi connectivity index (χ4v) is 4.57. The Kier molecular flexibility index (Phi) is 5.11. The smallest absolute Gasteiger partial charge is 0.440 e. The molecule has 0 saturated heterocycles. The molecule has 1 aromatic heterocycles. The van der Waals surface area contributed by atoms with Gasteiger partial charge in [-0.05, 0) is 24.5 Å². The molecule has 1 fully saturated rings. The van der Waals surface area contributed by atoms with Gasteiger partial charge >= 0.3 is 12.1 Å². The van der Waals surface area contributed by atoms with E-state index in [4.69, 9.17) is 11.6 Å². The number of carboxylic acids is 1. The summed E-state index contributed by atoms with van der Waals surface area (Å²) in [5, 5.41) is 13.1. The number of nitrogens with zero attached hydrogens (tertiary/aromatic N) is 2. The number of aromatic carboxylic acids is 1. The largest absolute Gasteiger partial charge is 0.478 e. The number of amides is 2. The van der Waals surface area contributed by atoms with E-state index in [0.717, 1.165) is 37.8 Å². The molecule has 1 aliphatic heterocycles. The van der Waals surface area contributed by atoms with E-state index in [0.29, 0.717) is 11.0 Å². The summed E-state index contributed by atoms with van der Waals surface area (Å²) in [6.45, 7) is 0. The first-order valence-corrected chi connectivity index (χ1v) is 10.1. The first kappa shape index (κ1) is 21.4. The van der Waals surface area contributed by atoms with Crippen molar-refractivity contribution in [2.45, 2.75) is 50.4 Å². The van der Waals surface area contributed by atoms with E-state index in [1.165, 1.54) is 0 Å². The van der Waals surface area contributed by atoms with Gasteiger partial charge in [0.15, 0.2) is 0 Å². The second-order valence-corrected chi connectivity index (χ2v) is 8.23. The molecule has 2 aromatic rings. The van der Waals surface area contributed by atoms with Gasteiger partial charge in [0.1, 0.15) is 5.52 Å². The molecule has 8 nitrogen and oxygen atoms in total. The van der Waals surface area contributed by atoms with Crippen molar-refractivity contribution in [3.05, 3.63) is 22.7 Å². The van der Waals surface area contributed by atoms with Gasteiger partial charge in [0.2, 0.25) is 11.9 Å². The van der Waals surface area contributed by atoms with Crippen LogP contribution in [-0.2, 0) is 15.3 Å². The van der Waals surface area contributed by atoms with Crippen LogP contribution in [0.3, 0.4) is 0 Å². The number of rotatable bonds is 5. The Bertz CT molecular complexity index is 1090. The number of carbonyl (C=O) groups excluding carboxylic acids is 2. The van der Waals surface area contributed by atoms with Gasteiger partial charge in [-0.3, -0.25) is 19.5 Å². The van der Waals surface area contributed by atoms with Crippen LogP contribution in [0.1, 0.15) is 48.9 Å². The highest BCUT2D eigenvalue weighted by atomic mass is 35.5. The van der Waals surface area contributed by atoms with Crippen LogP contribution in [0.4, 0.5) is 19.1 Å². The minimum Gasteiger partial charge on any atom is -0.478 e. The molecule has 1 unspecified atom stereocenters. The Balaban J connectivity index is 1.79. The molecule has 31 heavy (non-hydrogen) atoms. The van der Waals surface area contributed by atoms with Crippen LogP contribution in [0, 0.1) is 5.92 Å². The zero-order valence-corrected chi connectivity index (χ0v) is 16.8. The number of aromatic nitrogens is 2. The summed E-state index contributed by atoms with van der Waals surface area (Å²) in [7, 11) is 0. The quantitative estimate of drug-likeness (QED) is 0.633. The Morgan fingerprint density at radius 2 is 2.00 bits per heavy atom. The number of fused-ring (bicyclic) bond motifs is 3. The molecule has 0 radical (unpaired) electrons. The van der Waals surface area contributed by atoms with Crippen molar-refractivity contribution in [3.8, 4) is 0 Å². The standard InChI is InChI=1S/C19H18ClF3N4O4/c20-10-7-11(15(29)30)14-12(8-10)27-17(24-14)25-16(31)18(27,19(21,22)23)26-13(28)6-5-9-3-1-2-4-9/h7-9H,1-6H2,(H,26,28)(H,29,30)(H,24,25,31). The lowest BCUT2D eigenvalue weighted by Gasteiger charge is -2.32. The van der Waals surface area contributed by atoms with E-state index in [1.807, 2.05) is 10.6 Å². The lowest BCUT2D eigenvalue weighted by atomic mass is 10.0. The molecule has 12 heteroatoms. The molecule has 4 rings (SSSR count). The molecule has 1 aliphatic carbocycles. The SMILES string of the molecule is O=C(CCC1CCCC1)NC1(C(F)(F)F)C(=O)Nc2nc3c(C(=O)O)cc(Cl)cc3n21. The summed E-state index contributed by atoms with van der Waals surface area (Å²) >= 11 is 5.92. The maximum atomic E-state index is 14.3. The van der Waals surface area contributed by atoms with Gasteiger partial charge in [-0.15, -0.1) is 0 Å². The molecule has 3 N–H and O–H groups in total. The van der Waals surface area contributed by atoms with Gasteiger partial charge < -0.3 is 10.4 Å². The van der Waals surface area contributed by atoms with Crippen LogP contribution in [0.5, 0.6) is 0 Å². The van der Waals surface area contributed by atoms with E-state index in [2.05, 4.69) is 4.98 Å². The van der Waals surface area contributed by atoms with Gasteiger partial charge in [0, 0.05) is 11.4 Å². The van der Waals surface area contributed by atoms with Gasteiger partial charge in [-0.25, -0.2) is 9.78 Å². The van der Waals surface area contributed by atoms with Crippen LogP contribution < -0.4 is 10.6 Å². The number of halogens is 4. The average Bonchev–Trinajstić information content (AvgIpc) is 3.36. The highest BCUT2D eigenvalue weighted by Crippen LogP contribution is 2.45. The number of hydrogen-bond donors (Lipinski definition) is 3. The number of benzene rings is 1. The van der Waals surface area contributed by atoms with Gasteiger partial charge in [0.25, 0.3) is 11.6 Å². The van der Waals surface area contributed by atoms with Crippen molar-refractivity contribution in [2.75, 3.05) is 5.32 Å². The monoisotopic (exact) mass is 458 g/mol. The van der Waals surface area contributed by atoms with Crippen LogP contribution >= 0.6 is 11.6 Å². The highest BCUT2D eigenvalue weighted by molar-refractivity contribution is 6.32. The Hall–Kier alpha value is -2.82. The highest BCUT2D eigenvalue weighted by Gasteiger charge is 2.67. The molecule has 2 amide bonds. The van der Waals surface area contributed by atoms with Crippen LogP contribution in [-0.4, -0.2) is 38.6 Å². The lowest BCUT2D eigenvalue weighted by Crippen LogP contribution is -2.63. The number of nitrogens with one attached hydrogen (secondary N) is 2.